The van der Waals surface area contributed by atoms with Crippen molar-refractivity contribution in [1.82, 2.24) is 19.8 Å². The summed E-state index contributed by atoms with van der Waals surface area (Å²) in [5.41, 5.74) is 4.46. The standard InChI is InChI=1S/C35H42N6O4S/c1-22(2)15-27-21-45-31-17-30(32-23(3)7-5-8-24(32)4)37-34(38-31)39-46(43,44)29-10-6-9-26(16-29)33(27)28-19-41(20-28)35(42)40-13-11-25(18-36)12-14-40/h5-10,16-17,22,25,27-28,33H,11-15,19-21H2,1-4H3,(H,37,38,39)/t27-,33?/m1/s1. The Labute approximate surface area is 271 Å². The lowest BCUT2D eigenvalue weighted by atomic mass is 9.71. The molecule has 1 unspecified atom stereocenters. The van der Waals surface area contributed by atoms with Gasteiger partial charge in [0.05, 0.1) is 23.3 Å². The number of benzene rings is 2. The van der Waals surface area contributed by atoms with E-state index in [0.29, 0.717) is 63.1 Å². The predicted octanol–water partition coefficient (Wildman–Crippen LogP) is 5.99. The summed E-state index contributed by atoms with van der Waals surface area (Å²) in [6.07, 6.45) is 2.27. The second kappa shape index (κ2) is 12.9. The second-order valence-corrected chi connectivity index (χ2v) is 15.1. The highest BCUT2D eigenvalue weighted by Crippen LogP contribution is 2.42. The van der Waals surface area contributed by atoms with Crippen LogP contribution >= 0.6 is 0 Å². The number of aryl methyl sites for hydroxylation is 2. The van der Waals surface area contributed by atoms with Gasteiger partial charge in [0, 0.05) is 55.6 Å². The minimum atomic E-state index is -4.01. The number of nitriles is 1. The van der Waals surface area contributed by atoms with Crippen molar-refractivity contribution in [3.05, 3.63) is 65.2 Å². The number of aromatic nitrogens is 2. The van der Waals surface area contributed by atoms with Crippen LogP contribution in [0.25, 0.3) is 11.3 Å². The van der Waals surface area contributed by atoms with Crippen LogP contribution in [0.3, 0.4) is 0 Å². The lowest BCUT2D eigenvalue weighted by molar-refractivity contribution is 0.0499. The highest BCUT2D eigenvalue weighted by molar-refractivity contribution is 7.92. The molecule has 10 nitrogen and oxygen atoms in total. The highest BCUT2D eigenvalue weighted by atomic mass is 32.2. The molecule has 46 heavy (non-hydrogen) atoms. The molecule has 3 aromatic rings. The molecule has 242 valence electrons. The number of hydrogen-bond donors (Lipinski definition) is 1. The van der Waals surface area contributed by atoms with Crippen molar-refractivity contribution in [2.45, 2.75) is 57.8 Å². The van der Waals surface area contributed by atoms with E-state index in [1.807, 2.05) is 47.9 Å². The molecule has 2 fully saturated rings. The Hall–Kier alpha value is -4.17. The van der Waals surface area contributed by atoms with Crippen molar-refractivity contribution in [3.63, 3.8) is 0 Å². The maximum absolute atomic E-state index is 13.7. The fourth-order valence-electron chi connectivity index (χ4n) is 7.30. The number of nitrogens with zero attached hydrogens (tertiary/aromatic N) is 5. The third kappa shape index (κ3) is 6.54. The minimum absolute atomic E-state index is 0.0158. The van der Waals surface area contributed by atoms with Crippen molar-refractivity contribution in [2.24, 2.45) is 23.7 Å². The Morgan fingerprint density at radius 3 is 2.41 bits per heavy atom. The summed E-state index contributed by atoms with van der Waals surface area (Å²) < 4.78 is 36.5. The summed E-state index contributed by atoms with van der Waals surface area (Å²) in [7, 11) is -4.01. The van der Waals surface area contributed by atoms with Gasteiger partial charge in [-0.15, -0.1) is 0 Å². The quantitative estimate of drug-likeness (QED) is 0.370. The zero-order chi connectivity index (χ0) is 32.6. The highest BCUT2D eigenvalue weighted by Gasteiger charge is 2.43. The molecule has 6 rings (SSSR count). The van der Waals surface area contributed by atoms with Crippen molar-refractivity contribution in [2.75, 3.05) is 37.5 Å². The summed E-state index contributed by atoms with van der Waals surface area (Å²) >= 11 is 0. The number of likely N-dealkylation sites (tertiary alicyclic amines) is 2. The minimum Gasteiger partial charge on any atom is -0.477 e. The summed E-state index contributed by atoms with van der Waals surface area (Å²) in [6, 6.07) is 17.3. The lowest BCUT2D eigenvalue weighted by Gasteiger charge is -2.48. The molecule has 2 atom stereocenters. The fourth-order valence-corrected chi connectivity index (χ4v) is 8.30. The summed E-state index contributed by atoms with van der Waals surface area (Å²) in [5.74, 6) is 0.794. The predicted molar refractivity (Wildman–Crippen MR) is 176 cm³/mol. The van der Waals surface area contributed by atoms with E-state index < -0.39 is 10.0 Å². The first kappa shape index (κ1) is 31.8. The van der Waals surface area contributed by atoms with Crippen LogP contribution < -0.4 is 9.46 Å². The van der Waals surface area contributed by atoms with Crippen LogP contribution in [0.1, 0.15) is 55.7 Å². The molecule has 2 amide bonds. The number of fused-ring (bicyclic) bond motifs is 4. The zero-order valence-corrected chi connectivity index (χ0v) is 27.8. The van der Waals surface area contributed by atoms with Crippen LogP contribution in [0.2, 0.25) is 0 Å². The van der Waals surface area contributed by atoms with Gasteiger partial charge in [-0.25, -0.2) is 22.9 Å². The largest absolute Gasteiger partial charge is 0.477 e. The van der Waals surface area contributed by atoms with Crippen LogP contribution in [0.15, 0.2) is 53.4 Å². The average molecular weight is 643 g/mol. The number of ether oxygens (including phenoxy) is 1. The SMILES string of the molecule is Cc1cccc(C)c1-c1cc2nc(n1)NS(=O)(=O)c1cccc(c1)C(C1CN(C(=O)N3CCC(C#N)CC3)C1)[C@H](CC(C)C)CO2. The van der Waals surface area contributed by atoms with E-state index in [-0.39, 0.29) is 40.5 Å². The zero-order valence-electron chi connectivity index (χ0n) is 26.9. The maximum Gasteiger partial charge on any atom is 0.320 e. The summed E-state index contributed by atoms with van der Waals surface area (Å²) in [5, 5.41) is 9.26. The molecule has 3 aliphatic rings. The Morgan fingerprint density at radius 1 is 1.04 bits per heavy atom. The molecular formula is C35H42N6O4S. The number of carbonyl (C=O) groups is 1. The number of anilines is 1. The van der Waals surface area contributed by atoms with E-state index in [4.69, 9.17) is 4.74 Å². The van der Waals surface area contributed by atoms with Gasteiger partial charge in [0.2, 0.25) is 11.8 Å². The molecule has 11 heteroatoms. The molecule has 0 radical (unpaired) electrons. The number of sulfonamides is 1. The molecule has 4 heterocycles. The monoisotopic (exact) mass is 642 g/mol. The number of rotatable bonds is 4. The third-order valence-electron chi connectivity index (χ3n) is 9.58. The van der Waals surface area contributed by atoms with Crippen molar-refractivity contribution >= 4 is 22.0 Å². The van der Waals surface area contributed by atoms with Crippen LogP contribution in [-0.2, 0) is 10.0 Å². The van der Waals surface area contributed by atoms with E-state index in [0.717, 1.165) is 28.7 Å². The van der Waals surface area contributed by atoms with Crippen LogP contribution in [0.5, 0.6) is 5.88 Å². The van der Waals surface area contributed by atoms with E-state index in [9.17, 15) is 18.5 Å². The van der Waals surface area contributed by atoms with Gasteiger partial charge in [-0.2, -0.15) is 10.2 Å². The van der Waals surface area contributed by atoms with Gasteiger partial charge in [-0.05, 0) is 73.8 Å². The third-order valence-corrected chi connectivity index (χ3v) is 10.9. The first-order valence-electron chi connectivity index (χ1n) is 16.2. The Balaban J connectivity index is 1.34. The van der Waals surface area contributed by atoms with E-state index in [1.165, 1.54) is 0 Å². The molecule has 2 saturated heterocycles. The molecule has 1 N–H and O–H groups in total. The Bertz CT molecular complexity index is 1740. The fraction of sp³-hybridized carbons (Fsp3) is 0.486. The molecule has 1 aromatic heterocycles. The number of piperidine rings is 1. The van der Waals surface area contributed by atoms with E-state index in [2.05, 4.69) is 34.6 Å². The number of urea groups is 1. The average Bonchev–Trinajstić information content (AvgIpc) is 3.00. The second-order valence-electron chi connectivity index (χ2n) is 13.4. The van der Waals surface area contributed by atoms with Crippen LogP contribution in [0.4, 0.5) is 10.7 Å². The number of carbonyl (C=O) groups excluding carboxylic acids is 1. The van der Waals surface area contributed by atoms with E-state index in [1.54, 1.807) is 24.3 Å². The van der Waals surface area contributed by atoms with Gasteiger partial charge in [0.15, 0.2) is 0 Å². The van der Waals surface area contributed by atoms with Gasteiger partial charge in [0.25, 0.3) is 10.0 Å². The van der Waals surface area contributed by atoms with Gasteiger partial charge >= 0.3 is 6.03 Å². The maximum atomic E-state index is 13.7. The lowest BCUT2D eigenvalue weighted by Crippen LogP contribution is -2.58. The molecule has 0 spiro atoms. The van der Waals surface area contributed by atoms with Crippen molar-refractivity contribution < 1.29 is 17.9 Å². The number of nitrogens with one attached hydrogen (secondary N) is 1. The molecule has 0 aliphatic carbocycles. The first-order chi connectivity index (χ1) is 22.0. The molecule has 2 aromatic carbocycles. The van der Waals surface area contributed by atoms with Gasteiger partial charge in [-0.3, -0.25) is 0 Å². The molecule has 4 bridgehead atoms. The molecule has 3 aliphatic heterocycles. The molecule has 0 saturated carbocycles. The van der Waals surface area contributed by atoms with Crippen molar-refractivity contribution in [3.8, 4) is 23.2 Å². The van der Waals surface area contributed by atoms with Crippen LogP contribution in [0, 0.1) is 48.9 Å². The first-order valence-corrected chi connectivity index (χ1v) is 17.7. The number of hydrogen-bond acceptors (Lipinski definition) is 7. The van der Waals surface area contributed by atoms with Crippen LogP contribution in [-0.4, -0.2) is 67.0 Å². The van der Waals surface area contributed by atoms with E-state index >= 15 is 0 Å². The van der Waals surface area contributed by atoms with Gasteiger partial charge in [-0.1, -0.05) is 44.2 Å². The topological polar surface area (TPSA) is 129 Å². The normalized spacial score (nSPS) is 21.7. The summed E-state index contributed by atoms with van der Waals surface area (Å²) in [4.78, 5) is 26.4. The molecular weight excluding hydrogens is 600 g/mol. The Morgan fingerprint density at radius 2 is 1.74 bits per heavy atom. The summed E-state index contributed by atoms with van der Waals surface area (Å²) in [6.45, 7) is 11.1. The smallest absolute Gasteiger partial charge is 0.320 e. The number of amides is 2. The van der Waals surface area contributed by atoms with Gasteiger partial charge < -0.3 is 14.5 Å². The van der Waals surface area contributed by atoms with Gasteiger partial charge in [0.1, 0.15) is 0 Å². The Kier molecular flexibility index (Phi) is 8.92. The van der Waals surface area contributed by atoms with Crippen molar-refractivity contribution in [1.29, 1.82) is 5.26 Å².